The number of carbonyl (C=O) groups is 1. The summed E-state index contributed by atoms with van der Waals surface area (Å²) in [5.74, 6) is 2.33. The van der Waals surface area contributed by atoms with Gasteiger partial charge in [0.15, 0.2) is 10.9 Å². The van der Waals surface area contributed by atoms with Crippen LogP contribution in [0.15, 0.2) is 23.4 Å². The van der Waals surface area contributed by atoms with E-state index in [1.807, 2.05) is 13.0 Å². The lowest BCUT2D eigenvalue weighted by Gasteiger charge is -2.15. The maximum Gasteiger partial charge on any atom is 0.191 e. The van der Waals surface area contributed by atoms with Crippen LogP contribution >= 0.6 is 11.8 Å². The van der Waals surface area contributed by atoms with Gasteiger partial charge in [-0.3, -0.25) is 4.79 Å². The number of aryl methyl sites for hydroxylation is 1. The Hall–Kier alpha value is -1.62. The Labute approximate surface area is 154 Å². The first-order chi connectivity index (χ1) is 11.9. The third kappa shape index (κ3) is 3.97. The van der Waals surface area contributed by atoms with Gasteiger partial charge in [-0.1, -0.05) is 57.7 Å². The van der Waals surface area contributed by atoms with Crippen molar-refractivity contribution in [3.63, 3.8) is 0 Å². The standard InChI is InChI=1S/C20H27N3OS/c1-12(2)15-6-9-17(18(10-15)13(3)4)19(24)11-25-20-22-21-14(5)23(20)16-7-8-16/h6,9-10,12-13,16H,7-8,11H2,1-5H3. The van der Waals surface area contributed by atoms with Crippen molar-refractivity contribution in [3.05, 3.63) is 40.7 Å². The number of aromatic nitrogens is 3. The van der Waals surface area contributed by atoms with Crippen LogP contribution in [0.3, 0.4) is 0 Å². The zero-order valence-electron chi connectivity index (χ0n) is 15.7. The van der Waals surface area contributed by atoms with E-state index in [-0.39, 0.29) is 5.78 Å². The second-order valence-electron chi connectivity index (χ2n) is 7.50. The normalized spacial score (nSPS) is 14.5. The van der Waals surface area contributed by atoms with Crippen LogP contribution in [0.2, 0.25) is 0 Å². The minimum Gasteiger partial charge on any atom is -0.303 e. The molecule has 25 heavy (non-hydrogen) atoms. The molecular weight excluding hydrogens is 330 g/mol. The molecule has 0 radical (unpaired) electrons. The van der Waals surface area contributed by atoms with Gasteiger partial charge >= 0.3 is 0 Å². The van der Waals surface area contributed by atoms with Crippen molar-refractivity contribution in [2.45, 2.75) is 70.5 Å². The Bertz CT molecular complexity index is 775. The lowest BCUT2D eigenvalue weighted by Crippen LogP contribution is -2.10. The minimum absolute atomic E-state index is 0.173. The van der Waals surface area contributed by atoms with Gasteiger partial charge in [0, 0.05) is 11.6 Å². The molecule has 134 valence electrons. The SMILES string of the molecule is Cc1nnc(SCC(=O)c2ccc(C(C)C)cc2C(C)C)n1C1CC1. The van der Waals surface area contributed by atoms with Gasteiger partial charge in [0.2, 0.25) is 0 Å². The van der Waals surface area contributed by atoms with Gasteiger partial charge in [-0.2, -0.15) is 0 Å². The molecule has 0 aliphatic heterocycles. The Balaban J connectivity index is 1.77. The van der Waals surface area contributed by atoms with E-state index < -0.39 is 0 Å². The van der Waals surface area contributed by atoms with E-state index in [1.165, 1.54) is 30.2 Å². The molecule has 0 bridgehead atoms. The molecule has 0 atom stereocenters. The first kappa shape index (κ1) is 18.2. The first-order valence-electron chi connectivity index (χ1n) is 9.09. The van der Waals surface area contributed by atoms with Crippen molar-refractivity contribution >= 4 is 17.5 Å². The molecule has 1 aromatic heterocycles. The number of thioether (sulfide) groups is 1. The molecule has 1 saturated carbocycles. The summed E-state index contributed by atoms with van der Waals surface area (Å²) in [4.78, 5) is 12.8. The lowest BCUT2D eigenvalue weighted by molar-refractivity contribution is 0.102. The lowest BCUT2D eigenvalue weighted by atomic mass is 9.90. The fourth-order valence-electron chi connectivity index (χ4n) is 3.08. The largest absolute Gasteiger partial charge is 0.303 e. The number of ketones is 1. The van der Waals surface area contributed by atoms with Gasteiger partial charge in [0.05, 0.1) is 5.75 Å². The minimum atomic E-state index is 0.173. The third-order valence-electron chi connectivity index (χ3n) is 4.74. The van der Waals surface area contributed by atoms with E-state index in [9.17, 15) is 4.79 Å². The highest BCUT2D eigenvalue weighted by atomic mass is 32.2. The molecule has 0 spiro atoms. The summed E-state index contributed by atoms with van der Waals surface area (Å²) >= 11 is 1.51. The number of benzene rings is 1. The van der Waals surface area contributed by atoms with Crippen molar-refractivity contribution in [2.24, 2.45) is 0 Å². The number of Topliss-reactive ketones (excluding diaryl/α,β-unsaturated/α-hetero) is 1. The number of rotatable bonds is 7. The van der Waals surface area contributed by atoms with Gasteiger partial charge in [-0.25, -0.2) is 0 Å². The highest BCUT2D eigenvalue weighted by Gasteiger charge is 2.28. The van der Waals surface area contributed by atoms with Crippen LogP contribution in [0.25, 0.3) is 0 Å². The summed E-state index contributed by atoms with van der Waals surface area (Å²) in [7, 11) is 0. The molecule has 1 aromatic carbocycles. The maximum atomic E-state index is 12.8. The fourth-order valence-corrected chi connectivity index (χ4v) is 4.02. The van der Waals surface area contributed by atoms with Crippen molar-refractivity contribution < 1.29 is 4.79 Å². The Morgan fingerprint density at radius 2 is 1.92 bits per heavy atom. The Kier molecular flexibility index (Phi) is 5.32. The van der Waals surface area contributed by atoms with Crippen LogP contribution in [0.1, 0.15) is 85.7 Å². The molecule has 0 saturated heterocycles. The molecule has 2 aromatic rings. The van der Waals surface area contributed by atoms with Crippen molar-refractivity contribution in [1.29, 1.82) is 0 Å². The van der Waals surface area contributed by atoms with Crippen LogP contribution in [-0.4, -0.2) is 26.3 Å². The van der Waals surface area contributed by atoms with Crippen molar-refractivity contribution in [3.8, 4) is 0 Å². The summed E-state index contributed by atoms with van der Waals surface area (Å²) in [5.41, 5.74) is 3.29. The van der Waals surface area contributed by atoms with Gasteiger partial charge < -0.3 is 4.57 Å². The monoisotopic (exact) mass is 357 g/mol. The molecule has 1 fully saturated rings. The molecule has 1 aliphatic rings. The third-order valence-corrected chi connectivity index (χ3v) is 5.69. The summed E-state index contributed by atoms with van der Waals surface area (Å²) in [6.45, 7) is 10.7. The van der Waals surface area contributed by atoms with Gasteiger partial charge in [-0.15, -0.1) is 10.2 Å². The maximum absolute atomic E-state index is 12.8. The average Bonchev–Trinajstić information content (AvgIpc) is 3.34. The number of hydrogen-bond acceptors (Lipinski definition) is 4. The van der Waals surface area contributed by atoms with Gasteiger partial charge in [0.25, 0.3) is 0 Å². The number of nitrogens with zero attached hydrogens (tertiary/aromatic N) is 3. The highest BCUT2D eigenvalue weighted by molar-refractivity contribution is 7.99. The predicted octanol–water partition coefficient (Wildman–Crippen LogP) is 5.14. The summed E-state index contributed by atoms with van der Waals surface area (Å²) < 4.78 is 2.18. The summed E-state index contributed by atoms with van der Waals surface area (Å²) in [6.07, 6.45) is 2.38. The molecule has 3 rings (SSSR count). The van der Waals surface area contributed by atoms with E-state index in [0.29, 0.717) is 23.6 Å². The van der Waals surface area contributed by atoms with E-state index >= 15 is 0 Å². The Morgan fingerprint density at radius 3 is 2.52 bits per heavy atom. The molecule has 4 nitrogen and oxygen atoms in total. The first-order valence-corrected chi connectivity index (χ1v) is 10.1. The van der Waals surface area contributed by atoms with Crippen LogP contribution in [-0.2, 0) is 0 Å². The predicted molar refractivity (Wildman–Crippen MR) is 103 cm³/mol. The van der Waals surface area contributed by atoms with E-state index in [1.54, 1.807) is 0 Å². The van der Waals surface area contributed by atoms with Crippen LogP contribution in [0, 0.1) is 6.92 Å². The summed E-state index contributed by atoms with van der Waals surface area (Å²) in [6, 6.07) is 6.82. The van der Waals surface area contributed by atoms with E-state index in [0.717, 1.165) is 22.1 Å². The second kappa shape index (κ2) is 7.32. The quantitative estimate of drug-likeness (QED) is 0.508. The molecule has 1 heterocycles. The molecular formula is C20H27N3OS. The van der Waals surface area contributed by atoms with Crippen LogP contribution in [0.4, 0.5) is 0 Å². The fraction of sp³-hybridized carbons (Fsp3) is 0.550. The average molecular weight is 358 g/mol. The molecule has 0 unspecified atom stereocenters. The molecule has 0 N–H and O–H groups in total. The van der Waals surface area contributed by atoms with E-state index in [2.05, 4.69) is 54.6 Å². The summed E-state index contributed by atoms with van der Waals surface area (Å²) in [5, 5.41) is 9.32. The topological polar surface area (TPSA) is 47.8 Å². The number of carbonyl (C=O) groups excluding carboxylic acids is 1. The van der Waals surface area contributed by atoms with Gasteiger partial charge in [-0.05, 0) is 42.7 Å². The zero-order valence-corrected chi connectivity index (χ0v) is 16.6. The zero-order chi connectivity index (χ0) is 18.1. The number of hydrogen-bond donors (Lipinski definition) is 0. The van der Waals surface area contributed by atoms with Crippen LogP contribution < -0.4 is 0 Å². The van der Waals surface area contributed by atoms with Crippen LogP contribution in [0.5, 0.6) is 0 Å². The van der Waals surface area contributed by atoms with Gasteiger partial charge in [0.1, 0.15) is 5.82 Å². The van der Waals surface area contributed by atoms with Crippen molar-refractivity contribution in [2.75, 3.05) is 5.75 Å². The Morgan fingerprint density at radius 1 is 1.20 bits per heavy atom. The molecule has 5 heteroatoms. The highest BCUT2D eigenvalue weighted by Crippen LogP contribution is 2.38. The van der Waals surface area contributed by atoms with E-state index in [4.69, 9.17) is 0 Å². The second-order valence-corrected chi connectivity index (χ2v) is 8.44. The molecule has 1 aliphatic carbocycles. The smallest absolute Gasteiger partial charge is 0.191 e. The van der Waals surface area contributed by atoms with Crippen molar-refractivity contribution in [1.82, 2.24) is 14.8 Å². The molecule has 0 amide bonds.